The minimum atomic E-state index is 0.134. The van der Waals surface area contributed by atoms with Crippen molar-refractivity contribution in [2.24, 2.45) is 0 Å². The Kier molecular flexibility index (Phi) is 7.17. The van der Waals surface area contributed by atoms with Crippen LogP contribution in [0.5, 0.6) is 5.75 Å². The largest absolute Gasteiger partial charge is 0.487 e. The molecule has 1 amide bonds. The lowest BCUT2D eigenvalue weighted by atomic mass is 10.0. The molecule has 1 aliphatic heterocycles. The lowest BCUT2D eigenvalue weighted by molar-refractivity contribution is 0.0628. The molecule has 5 heteroatoms. The molecule has 0 aliphatic carbocycles. The van der Waals surface area contributed by atoms with E-state index in [2.05, 4.69) is 48.0 Å². The summed E-state index contributed by atoms with van der Waals surface area (Å²) in [5, 5.41) is 0. The number of benzene rings is 2. The van der Waals surface area contributed by atoms with Crippen LogP contribution in [0.4, 0.5) is 0 Å². The summed E-state index contributed by atoms with van der Waals surface area (Å²) < 4.78 is 5.82. The molecule has 32 heavy (non-hydrogen) atoms. The Bertz CT molecular complexity index is 993. The molecular weight excluding hydrogens is 398 g/mol. The molecular formula is C27H31N3O2. The van der Waals surface area contributed by atoms with Gasteiger partial charge in [-0.2, -0.15) is 0 Å². The molecule has 0 radical (unpaired) electrons. The van der Waals surface area contributed by atoms with E-state index in [1.165, 1.54) is 11.1 Å². The molecule has 2 heterocycles. The van der Waals surface area contributed by atoms with Crippen molar-refractivity contribution >= 4 is 5.91 Å². The van der Waals surface area contributed by atoms with Crippen molar-refractivity contribution in [2.45, 2.75) is 32.9 Å². The van der Waals surface area contributed by atoms with Gasteiger partial charge in [-0.15, -0.1) is 0 Å². The van der Waals surface area contributed by atoms with E-state index < -0.39 is 0 Å². The number of aromatic nitrogens is 1. The van der Waals surface area contributed by atoms with Crippen molar-refractivity contribution in [3.05, 3.63) is 95.3 Å². The normalized spacial score (nSPS) is 14.5. The van der Waals surface area contributed by atoms with Gasteiger partial charge < -0.3 is 9.64 Å². The second kappa shape index (κ2) is 10.4. The van der Waals surface area contributed by atoms with Crippen LogP contribution in [-0.4, -0.2) is 46.9 Å². The van der Waals surface area contributed by atoms with Crippen LogP contribution in [0.2, 0.25) is 0 Å². The van der Waals surface area contributed by atoms with Crippen molar-refractivity contribution in [3.63, 3.8) is 0 Å². The summed E-state index contributed by atoms with van der Waals surface area (Å²) >= 11 is 0. The Morgan fingerprint density at radius 2 is 1.66 bits per heavy atom. The monoisotopic (exact) mass is 429 g/mol. The van der Waals surface area contributed by atoms with Gasteiger partial charge in [-0.3, -0.25) is 14.7 Å². The van der Waals surface area contributed by atoms with E-state index in [1.807, 2.05) is 47.4 Å². The van der Waals surface area contributed by atoms with E-state index in [-0.39, 0.29) is 5.91 Å². The number of hydrogen-bond donors (Lipinski definition) is 0. The van der Waals surface area contributed by atoms with Crippen LogP contribution in [0.3, 0.4) is 0 Å². The quantitative estimate of drug-likeness (QED) is 0.544. The molecule has 0 atom stereocenters. The number of amides is 1. The topological polar surface area (TPSA) is 45.7 Å². The summed E-state index contributed by atoms with van der Waals surface area (Å²) in [7, 11) is 0. The average Bonchev–Trinajstić information content (AvgIpc) is 2.84. The van der Waals surface area contributed by atoms with Crippen LogP contribution in [0, 0.1) is 0 Å². The van der Waals surface area contributed by atoms with Crippen molar-refractivity contribution in [1.29, 1.82) is 0 Å². The second-order valence-corrected chi connectivity index (χ2v) is 8.60. The minimum absolute atomic E-state index is 0.134. The third-order valence-corrected chi connectivity index (χ3v) is 5.93. The highest BCUT2D eigenvalue weighted by Crippen LogP contribution is 2.18. The van der Waals surface area contributed by atoms with Crippen LogP contribution < -0.4 is 4.74 Å². The van der Waals surface area contributed by atoms with Gasteiger partial charge in [-0.05, 0) is 53.4 Å². The first-order valence-electron chi connectivity index (χ1n) is 11.3. The fourth-order valence-corrected chi connectivity index (χ4v) is 3.89. The standard InChI is InChI=1S/C27H31N3O2/c1-21(2)23-8-10-24(11-9-23)27(31)30-17-15-29(16-18-30)19-22-6-12-26(13-7-22)32-20-25-5-3-4-14-28-25/h3-14,21H,15-20H2,1-2H3. The van der Waals surface area contributed by atoms with Crippen molar-refractivity contribution in [2.75, 3.05) is 26.2 Å². The average molecular weight is 430 g/mol. The molecule has 0 spiro atoms. The predicted molar refractivity (Wildman–Crippen MR) is 127 cm³/mol. The number of nitrogens with zero attached hydrogens (tertiary/aromatic N) is 3. The molecule has 1 aliphatic rings. The number of pyridine rings is 1. The number of carbonyl (C=O) groups excluding carboxylic acids is 1. The van der Waals surface area contributed by atoms with Gasteiger partial charge >= 0.3 is 0 Å². The SMILES string of the molecule is CC(C)c1ccc(C(=O)N2CCN(Cc3ccc(OCc4ccccn4)cc3)CC2)cc1. The van der Waals surface area contributed by atoms with Crippen LogP contribution in [0.15, 0.2) is 72.9 Å². The van der Waals surface area contributed by atoms with Gasteiger partial charge in [0.1, 0.15) is 12.4 Å². The minimum Gasteiger partial charge on any atom is -0.487 e. The Balaban J connectivity index is 1.24. The van der Waals surface area contributed by atoms with Gasteiger partial charge in [0.15, 0.2) is 0 Å². The third-order valence-electron chi connectivity index (χ3n) is 5.93. The molecule has 1 aromatic heterocycles. The molecule has 0 saturated carbocycles. The van der Waals surface area contributed by atoms with E-state index in [0.717, 1.165) is 49.7 Å². The van der Waals surface area contributed by atoms with E-state index >= 15 is 0 Å². The first kappa shape index (κ1) is 22.0. The highest BCUT2D eigenvalue weighted by molar-refractivity contribution is 5.94. The molecule has 1 saturated heterocycles. The zero-order valence-corrected chi connectivity index (χ0v) is 18.9. The van der Waals surface area contributed by atoms with Gasteiger partial charge in [0.05, 0.1) is 5.69 Å². The van der Waals surface area contributed by atoms with Gasteiger partial charge in [-0.1, -0.05) is 44.2 Å². The summed E-state index contributed by atoms with van der Waals surface area (Å²) in [5.74, 6) is 1.46. The first-order chi connectivity index (χ1) is 15.6. The molecule has 0 bridgehead atoms. The first-order valence-corrected chi connectivity index (χ1v) is 11.3. The van der Waals surface area contributed by atoms with Gasteiger partial charge in [-0.25, -0.2) is 0 Å². The van der Waals surface area contributed by atoms with Crippen LogP contribution in [-0.2, 0) is 13.2 Å². The number of hydrogen-bond acceptors (Lipinski definition) is 4. The molecule has 3 aromatic rings. The smallest absolute Gasteiger partial charge is 0.253 e. The summed E-state index contributed by atoms with van der Waals surface area (Å²) in [5.41, 5.74) is 4.21. The maximum Gasteiger partial charge on any atom is 0.253 e. The number of piperazine rings is 1. The van der Waals surface area contributed by atoms with Gasteiger partial charge in [0, 0.05) is 44.5 Å². The summed E-state index contributed by atoms with van der Waals surface area (Å²) in [6.45, 7) is 8.97. The van der Waals surface area contributed by atoms with E-state index in [1.54, 1.807) is 6.20 Å². The second-order valence-electron chi connectivity index (χ2n) is 8.60. The van der Waals surface area contributed by atoms with Gasteiger partial charge in [0.2, 0.25) is 0 Å². The summed E-state index contributed by atoms with van der Waals surface area (Å²) in [6.07, 6.45) is 1.78. The molecule has 166 valence electrons. The molecule has 0 unspecified atom stereocenters. The fourth-order valence-electron chi connectivity index (χ4n) is 3.89. The number of ether oxygens (including phenoxy) is 1. The van der Waals surface area contributed by atoms with Crippen molar-refractivity contribution in [1.82, 2.24) is 14.8 Å². The number of carbonyl (C=O) groups is 1. The van der Waals surface area contributed by atoms with Crippen molar-refractivity contribution in [3.8, 4) is 5.75 Å². The Morgan fingerprint density at radius 1 is 0.938 bits per heavy atom. The highest BCUT2D eigenvalue weighted by Gasteiger charge is 2.22. The fraction of sp³-hybridized carbons (Fsp3) is 0.333. The van der Waals surface area contributed by atoms with Gasteiger partial charge in [0.25, 0.3) is 5.91 Å². The van der Waals surface area contributed by atoms with Crippen LogP contribution in [0.1, 0.15) is 46.9 Å². The van der Waals surface area contributed by atoms with Crippen LogP contribution >= 0.6 is 0 Å². The van der Waals surface area contributed by atoms with Crippen molar-refractivity contribution < 1.29 is 9.53 Å². The molecule has 1 fully saturated rings. The Labute approximate surface area is 190 Å². The highest BCUT2D eigenvalue weighted by atomic mass is 16.5. The zero-order chi connectivity index (χ0) is 22.3. The van der Waals surface area contributed by atoms with E-state index in [0.29, 0.717) is 12.5 Å². The van der Waals surface area contributed by atoms with Crippen LogP contribution in [0.25, 0.3) is 0 Å². The lowest BCUT2D eigenvalue weighted by Gasteiger charge is -2.34. The maximum absolute atomic E-state index is 12.8. The molecule has 0 N–H and O–H groups in total. The predicted octanol–water partition coefficient (Wildman–Crippen LogP) is 4.74. The zero-order valence-electron chi connectivity index (χ0n) is 18.9. The van der Waals surface area contributed by atoms with E-state index in [4.69, 9.17) is 4.74 Å². The summed E-state index contributed by atoms with van der Waals surface area (Å²) in [4.78, 5) is 21.5. The molecule has 2 aromatic carbocycles. The Hall–Kier alpha value is -3.18. The maximum atomic E-state index is 12.8. The third kappa shape index (κ3) is 5.74. The summed E-state index contributed by atoms with van der Waals surface area (Å²) in [6, 6.07) is 22.1. The van der Waals surface area contributed by atoms with E-state index in [9.17, 15) is 4.79 Å². The Morgan fingerprint density at radius 3 is 2.28 bits per heavy atom. The molecule has 4 rings (SSSR count). The number of rotatable bonds is 7. The lowest BCUT2D eigenvalue weighted by Crippen LogP contribution is -2.48. The molecule has 5 nitrogen and oxygen atoms in total.